The predicted octanol–water partition coefficient (Wildman–Crippen LogP) is 4.10. The highest BCUT2D eigenvalue weighted by Crippen LogP contribution is 2.26. The van der Waals surface area contributed by atoms with E-state index in [4.69, 9.17) is 4.74 Å². The molecule has 0 aliphatic carbocycles. The van der Waals surface area contributed by atoms with Crippen molar-refractivity contribution in [2.45, 2.75) is 18.2 Å². The summed E-state index contributed by atoms with van der Waals surface area (Å²) in [6, 6.07) is 8.47. The number of ether oxygens (including phenoxy) is 1. The van der Waals surface area contributed by atoms with Crippen LogP contribution in [0.1, 0.15) is 18.9 Å². The maximum absolute atomic E-state index is 13.8. The van der Waals surface area contributed by atoms with Crippen molar-refractivity contribution in [1.82, 2.24) is 14.8 Å². The molecule has 1 amide bonds. The lowest BCUT2D eigenvalue weighted by Gasteiger charge is -2.14. The molecule has 0 saturated carbocycles. The van der Waals surface area contributed by atoms with Crippen LogP contribution in [0.5, 0.6) is 5.75 Å². The van der Waals surface area contributed by atoms with Gasteiger partial charge in [0.15, 0.2) is 28.7 Å². The summed E-state index contributed by atoms with van der Waals surface area (Å²) in [5.41, 5.74) is 0.485. The van der Waals surface area contributed by atoms with Gasteiger partial charge in [0, 0.05) is 18.8 Å². The molecule has 1 unspecified atom stereocenters. The smallest absolute Gasteiger partial charge is 0.234 e. The molecular formula is C19H17F3N4O2S. The summed E-state index contributed by atoms with van der Waals surface area (Å²) in [5, 5.41) is 11.2. The van der Waals surface area contributed by atoms with Crippen molar-refractivity contribution in [3.05, 3.63) is 65.7 Å². The van der Waals surface area contributed by atoms with Crippen molar-refractivity contribution < 1.29 is 22.7 Å². The molecule has 0 radical (unpaired) electrons. The first-order valence-corrected chi connectivity index (χ1v) is 9.51. The minimum absolute atomic E-state index is 0.0607. The largest absolute Gasteiger partial charge is 0.480 e. The third-order valence-corrected chi connectivity index (χ3v) is 4.91. The zero-order valence-electron chi connectivity index (χ0n) is 15.5. The molecule has 10 heteroatoms. The molecule has 0 saturated heterocycles. The van der Waals surface area contributed by atoms with E-state index >= 15 is 0 Å². The zero-order chi connectivity index (χ0) is 21.0. The first-order chi connectivity index (χ1) is 13.8. The van der Waals surface area contributed by atoms with Crippen molar-refractivity contribution in [1.29, 1.82) is 0 Å². The number of amides is 1. The molecule has 3 rings (SSSR count). The van der Waals surface area contributed by atoms with E-state index in [1.54, 1.807) is 18.5 Å². The Balaban J connectivity index is 1.59. The van der Waals surface area contributed by atoms with E-state index in [1.807, 2.05) is 0 Å². The molecule has 0 spiro atoms. The molecule has 1 atom stereocenters. The third-order valence-electron chi connectivity index (χ3n) is 3.89. The van der Waals surface area contributed by atoms with Gasteiger partial charge in [-0.2, -0.15) is 0 Å². The maximum atomic E-state index is 13.8. The molecule has 1 aromatic heterocycles. The fraction of sp³-hybridized carbons (Fsp3) is 0.211. The van der Waals surface area contributed by atoms with Crippen LogP contribution in [0.4, 0.5) is 18.9 Å². The van der Waals surface area contributed by atoms with Gasteiger partial charge in [-0.3, -0.25) is 4.79 Å². The summed E-state index contributed by atoms with van der Waals surface area (Å²) in [6.45, 7) is 1.66. The van der Waals surface area contributed by atoms with Gasteiger partial charge in [0.25, 0.3) is 0 Å². The van der Waals surface area contributed by atoms with Gasteiger partial charge >= 0.3 is 0 Å². The average molecular weight is 422 g/mol. The van der Waals surface area contributed by atoms with Gasteiger partial charge in [-0.15, -0.1) is 10.2 Å². The standard InChI is InChI=1S/C19H17F3N4O2S/c1-11(28-16-8-5-13(21)9-15(16)22)18-24-25-19(26(18)2)29-10-17(27)23-14-6-3-12(20)4-7-14/h3-9,11H,10H2,1-2H3,(H,23,27). The molecule has 1 heterocycles. The normalized spacial score (nSPS) is 11.9. The summed E-state index contributed by atoms with van der Waals surface area (Å²) in [7, 11) is 1.69. The van der Waals surface area contributed by atoms with Gasteiger partial charge in [-0.25, -0.2) is 13.2 Å². The summed E-state index contributed by atoms with van der Waals surface area (Å²) in [4.78, 5) is 12.0. The van der Waals surface area contributed by atoms with Gasteiger partial charge in [0.2, 0.25) is 5.91 Å². The van der Waals surface area contributed by atoms with Crippen LogP contribution in [-0.2, 0) is 11.8 Å². The van der Waals surface area contributed by atoms with Crippen LogP contribution < -0.4 is 10.1 Å². The molecule has 29 heavy (non-hydrogen) atoms. The van der Waals surface area contributed by atoms with Crippen molar-refractivity contribution in [3.8, 4) is 5.75 Å². The Morgan fingerprint density at radius 2 is 1.83 bits per heavy atom. The first kappa shape index (κ1) is 20.7. The molecule has 0 bridgehead atoms. The Labute approximate surface area is 169 Å². The molecule has 1 N–H and O–H groups in total. The highest BCUT2D eigenvalue weighted by atomic mass is 32.2. The second-order valence-electron chi connectivity index (χ2n) is 6.08. The molecule has 3 aromatic rings. The predicted molar refractivity (Wildman–Crippen MR) is 102 cm³/mol. The summed E-state index contributed by atoms with van der Waals surface area (Å²) in [5.74, 6) is -1.81. The number of benzene rings is 2. The van der Waals surface area contributed by atoms with Crippen LogP contribution in [-0.4, -0.2) is 26.4 Å². The van der Waals surface area contributed by atoms with Gasteiger partial charge < -0.3 is 14.6 Å². The minimum atomic E-state index is -0.814. The fourth-order valence-corrected chi connectivity index (χ4v) is 3.20. The Hall–Kier alpha value is -3.01. The van der Waals surface area contributed by atoms with Crippen molar-refractivity contribution in [3.63, 3.8) is 0 Å². The van der Waals surface area contributed by atoms with Gasteiger partial charge in [-0.1, -0.05) is 11.8 Å². The quantitative estimate of drug-likeness (QED) is 0.581. The highest BCUT2D eigenvalue weighted by molar-refractivity contribution is 7.99. The number of halogens is 3. The van der Waals surface area contributed by atoms with E-state index in [1.165, 1.54) is 30.3 Å². The molecule has 0 fully saturated rings. The molecule has 2 aromatic carbocycles. The van der Waals surface area contributed by atoms with Crippen LogP contribution >= 0.6 is 11.8 Å². The second kappa shape index (κ2) is 8.99. The molecular weight excluding hydrogens is 405 g/mol. The minimum Gasteiger partial charge on any atom is -0.480 e. The third kappa shape index (κ3) is 5.29. The molecule has 0 aliphatic heterocycles. The van der Waals surface area contributed by atoms with E-state index in [9.17, 15) is 18.0 Å². The van der Waals surface area contributed by atoms with E-state index < -0.39 is 17.7 Å². The SMILES string of the molecule is CC(Oc1ccc(F)cc1F)c1nnc(SCC(=O)Nc2ccc(F)cc2)n1C. The number of anilines is 1. The van der Waals surface area contributed by atoms with Crippen LogP contribution in [0.3, 0.4) is 0 Å². The Kier molecular flexibility index (Phi) is 6.42. The first-order valence-electron chi connectivity index (χ1n) is 8.52. The Morgan fingerprint density at radius 1 is 1.14 bits per heavy atom. The van der Waals surface area contributed by atoms with E-state index in [2.05, 4.69) is 15.5 Å². The Bertz CT molecular complexity index is 1010. The van der Waals surface area contributed by atoms with E-state index in [0.29, 0.717) is 16.7 Å². The van der Waals surface area contributed by atoms with Crippen LogP contribution in [0.25, 0.3) is 0 Å². The molecule has 0 aliphatic rings. The van der Waals surface area contributed by atoms with E-state index in [0.717, 1.165) is 23.9 Å². The second-order valence-corrected chi connectivity index (χ2v) is 7.02. The van der Waals surface area contributed by atoms with Crippen molar-refractivity contribution in [2.75, 3.05) is 11.1 Å². The summed E-state index contributed by atoms with van der Waals surface area (Å²) in [6.07, 6.45) is -0.658. The molecule has 152 valence electrons. The lowest BCUT2D eigenvalue weighted by Crippen LogP contribution is -2.15. The number of thioether (sulfide) groups is 1. The number of rotatable bonds is 7. The number of carbonyl (C=O) groups excluding carboxylic acids is 1. The summed E-state index contributed by atoms with van der Waals surface area (Å²) >= 11 is 1.15. The zero-order valence-corrected chi connectivity index (χ0v) is 16.3. The van der Waals surface area contributed by atoms with Gasteiger partial charge in [-0.05, 0) is 43.3 Å². The lowest BCUT2D eigenvalue weighted by atomic mass is 10.3. The topological polar surface area (TPSA) is 69.0 Å². The maximum Gasteiger partial charge on any atom is 0.234 e. The number of nitrogens with zero attached hydrogens (tertiary/aromatic N) is 3. The van der Waals surface area contributed by atoms with Crippen LogP contribution in [0, 0.1) is 17.5 Å². The number of hydrogen-bond donors (Lipinski definition) is 1. The molecule has 6 nitrogen and oxygen atoms in total. The van der Waals surface area contributed by atoms with Gasteiger partial charge in [0.1, 0.15) is 11.6 Å². The van der Waals surface area contributed by atoms with E-state index in [-0.39, 0.29) is 23.2 Å². The number of aromatic nitrogens is 3. The van der Waals surface area contributed by atoms with Crippen molar-refractivity contribution in [2.24, 2.45) is 7.05 Å². The number of nitrogens with one attached hydrogen (secondary N) is 1. The Morgan fingerprint density at radius 3 is 2.52 bits per heavy atom. The van der Waals surface area contributed by atoms with Crippen LogP contribution in [0.15, 0.2) is 47.6 Å². The van der Waals surface area contributed by atoms with Gasteiger partial charge in [0.05, 0.1) is 5.75 Å². The monoisotopic (exact) mass is 422 g/mol. The van der Waals surface area contributed by atoms with Crippen molar-refractivity contribution >= 4 is 23.4 Å². The van der Waals surface area contributed by atoms with Crippen LogP contribution in [0.2, 0.25) is 0 Å². The average Bonchev–Trinajstić information content (AvgIpc) is 3.05. The summed E-state index contributed by atoms with van der Waals surface area (Å²) < 4.78 is 46.8. The highest BCUT2D eigenvalue weighted by Gasteiger charge is 2.19. The fourth-order valence-electron chi connectivity index (χ4n) is 2.48. The number of carbonyl (C=O) groups is 1. The number of hydrogen-bond acceptors (Lipinski definition) is 5. The lowest BCUT2D eigenvalue weighted by molar-refractivity contribution is -0.113.